The van der Waals surface area contributed by atoms with E-state index in [0.717, 1.165) is 0 Å². The van der Waals surface area contributed by atoms with E-state index in [1.807, 2.05) is 0 Å². The third-order valence-corrected chi connectivity index (χ3v) is 6.05. The van der Waals surface area contributed by atoms with Crippen LogP contribution in [0.25, 0.3) is 0 Å². The summed E-state index contributed by atoms with van der Waals surface area (Å²) in [5, 5.41) is 12.2. The Morgan fingerprint density at radius 3 is 2.67 bits per heavy atom. The van der Waals surface area contributed by atoms with Gasteiger partial charge in [0.2, 0.25) is 10.0 Å². The van der Waals surface area contributed by atoms with Gasteiger partial charge in [0, 0.05) is 31.2 Å². The zero-order valence-electron chi connectivity index (χ0n) is 13.1. The summed E-state index contributed by atoms with van der Waals surface area (Å²) >= 11 is 3.26. The topological polar surface area (TPSA) is 105 Å². The molecule has 1 aromatic carbocycles. The number of sulfonamides is 1. The van der Waals surface area contributed by atoms with E-state index in [-0.39, 0.29) is 23.5 Å². The number of anilines is 1. The lowest BCUT2D eigenvalue weighted by Gasteiger charge is -2.27. The van der Waals surface area contributed by atoms with E-state index in [4.69, 9.17) is 9.47 Å². The number of hydrogen-bond acceptors (Lipinski definition) is 6. The highest BCUT2D eigenvalue weighted by molar-refractivity contribution is 9.10. The highest BCUT2D eigenvalue weighted by atomic mass is 79.9. The molecule has 1 fully saturated rings. The SMILES string of the molecule is COCCNc1c(Br)cc(C(=O)O)cc1S(=O)(=O)N1CCOCC1. The van der Waals surface area contributed by atoms with E-state index < -0.39 is 16.0 Å². The Bertz CT molecular complexity index is 703. The normalized spacial score (nSPS) is 16.1. The lowest BCUT2D eigenvalue weighted by Crippen LogP contribution is -2.41. The van der Waals surface area contributed by atoms with Crippen LogP contribution in [0, 0.1) is 0 Å². The first-order valence-corrected chi connectivity index (χ1v) is 9.48. The van der Waals surface area contributed by atoms with Crippen molar-refractivity contribution in [2.24, 2.45) is 0 Å². The molecular weight excluding hydrogens is 404 g/mol. The first-order valence-electron chi connectivity index (χ1n) is 7.25. The molecular formula is C14H19BrN2O6S. The van der Waals surface area contributed by atoms with Crippen LogP contribution in [-0.4, -0.2) is 70.4 Å². The molecule has 134 valence electrons. The van der Waals surface area contributed by atoms with Crippen molar-refractivity contribution in [1.29, 1.82) is 0 Å². The molecule has 0 unspecified atom stereocenters. The van der Waals surface area contributed by atoms with Gasteiger partial charge in [-0.3, -0.25) is 0 Å². The summed E-state index contributed by atoms with van der Waals surface area (Å²) in [5.41, 5.74) is 0.217. The minimum absolute atomic E-state index is 0.0766. The molecule has 1 saturated heterocycles. The average molecular weight is 423 g/mol. The van der Waals surface area contributed by atoms with Crippen molar-refractivity contribution >= 4 is 37.6 Å². The van der Waals surface area contributed by atoms with Crippen molar-refractivity contribution in [1.82, 2.24) is 4.31 Å². The number of nitrogens with one attached hydrogen (secondary N) is 1. The zero-order chi connectivity index (χ0) is 17.7. The Kier molecular flexibility index (Phi) is 6.58. The molecule has 0 aliphatic carbocycles. The maximum Gasteiger partial charge on any atom is 0.335 e. The smallest absolute Gasteiger partial charge is 0.335 e. The van der Waals surface area contributed by atoms with Gasteiger partial charge in [-0.15, -0.1) is 0 Å². The second-order valence-corrected chi connectivity index (χ2v) is 7.83. The molecule has 0 aromatic heterocycles. The van der Waals surface area contributed by atoms with Crippen LogP contribution in [0.15, 0.2) is 21.5 Å². The number of halogens is 1. The molecule has 1 aromatic rings. The van der Waals surface area contributed by atoms with Gasteiger partial charge in [0.15, 0.2) is 0 Å². The molecule has 8 nitrogen and oxygen atoms in total. The van der Waals surface area contributed by atoms with E-state index in [1.165, 1.54) is 23.5 Å². The summed E-state index contributed by atoms with van der Waals surface area (Å²) in [5.74, 6) is -1.20. The van der Waals surface area contributed by atoms with Crippen molar-refractivity contribution in [3.05, 3.63) is 22.2 Å². The number of benzene rings is 1. The van der Waals surface area contributed by atoms with E-state index in [0.29, 0.717) is 36.5 Å². The van der Waals surface area contributed by atoms with Crippen molar-refractivity contribution in [3.8, 4) is 0 Å². The van der Waals surface area contributed by atoms with Gasteiger partial charge in [-0.05, 0) is 28.1 Å². The maximum absolute atomic E-state index is 13.0. The predicted molar refractivity (Wildman–Crippen MR) is 91.0 cm³/mol. The van der Waals surface area contributed by atoms with E-state index in [9.17, 15) is 18.3 Å². The molecule has 0 saturated carbocycles. The van der Waals surface area contributed by atoms with Gasteiger partial charge in [0.1, 0.15) is 4.90 Å². The van der Waals surface area contributed by atoms with Gasteiger partial charge < -0.3 is 19.9 Å². The van der Waals surface area contributed by atoms with Crippen LogP contribution in [0.1, 0.15) is 10.4 Å². The Hall–Kier alpha value is -1.20. The molecule has 2 N–H and O–H groups in total. The molecule has 1 aliphatic heterocycles. The molecule has 1 aliphatic rings. The molecule has 24 heavy (non-hydrogen) atoms. The van der Waals surface area contributed by atoms with Crippen LogP contribution in [0.3, 0.4) is 0 Å². The summed E-state index contributed by atoms with van der Waals surface area (Å²) in [6.45, 7) is 1.84. The number of aromatic carboxylic acids is 1. The number of carboxylic acid groups (broad SMARTS) is 1. The summed E-state index contributed by atoms with van der Waals surface area (Å²) in [6.07, 6.45) is 0. The quantitative estimate of drug-likeness (QED) is 0.636. The lowest BCUT2D eigenvalue weighted by molar-refractivity contribution is 0.0696. The summed E-state index contributed by atoms with van der Waals surface area (Å²) in [6, 6.07) is 2.54. The number of carboxylic acids is 1. The van der Waals surface area contributed by atoms with Gasteiger partial charge in [0.05, 0.1) is 31.1 Å². The van der Waals surface area contributed by atoms with E-state index in [1.54, 1.807) is 0 Å². The van der Waals surface area contributed by atoms with E-state index in [2.05, 4.69) is 21.2 Å². The number of nitrogens with zero attached hydrogens (tertiary/aromatic N) is 1. The van der Waals surface area contributed by atoms with Crippen molar-refractivity contribution in [2.45, 2.75) is 4.90 Å². The van der Waals surface area contributed by atoms with Crippen LogP contribution < -0.4 is 5.32 Å². The molecule has 2 rings (SSSR count). The monoisotopic (exact) mass is 422 g/mol. The number of ether oxygens (including phenoxy) is 2. The van der Waals surface area contributed by atoms with Crippen LogP contribution in [0.5, 0.6) is 0 Å². The summed E-state index contributed by atoms with van der Waals surface area (Å²) < 4.78 is 37.7. The van der Waals surface area contributed by atoms with Crippen LogP contribution in [0.2, 0.25) is 0 Å². The lowest BCUT2D eigenvalue weighted by atomic mass is 10.2. The fourth-order valence-electron chi connectivity index (χ4n) is 2.28. The number of rotatable bonds is 7. The van der Waals surface area contributed by atoms with Gasteiger partial charge >= 0.3 is 5.97 Å². The third-order valence-electron chi connectivity index (χ3n) is 3.50. The molecule has 10 heteroatoms. The number of morpholine rings is 1. The molecule has 0 bridgehead atoms. The molecule has 0 spiro atoms. The van der Waals surface area contributed by atoms with E-state index >= 15 is 0 Å². The predicted octanol–water partition coefficient (Wildman–Crippen LogP) is 1.23. The minimum Gasteiger partial charge on any atom is -0.478 e. The number of hydrogen-bond donors (Lipinski definition) is 2. The minimum atomic E-state index is -3.85. The van der Waals surface area contributed by atoms with Crippen molar-refractivity contribution in [3.63, 3.8) is 0 Å². The Morgan fingerprint density at radius 2 is 2.08 bits per heavy atom. The van der Waals surface area contributed by atoms with Crippen LogP contribution in [0.4, 0.5) is 5.69 Å². The number of carbonyl (C=O) groups is 1. The first kappa shape index (κ1) is 19.1. The molecule has 1 heterocycles. The summed E-state index contributed by atoms with van der Waals surface area (Å²) in [4.78, 5) is 11.2. The Morgan fingerprint density at radius 1 is 1.42 bits per heavy atom. The second-order valence-electron chi connectivity index (χ2n) is 5.07. The van der Waals surface area contributed by atoms with Crippen LogP contribution in [-0.2, 0) is 19.5 Å². The Balaban J connectivity index is 2.48. The maximum atomic E-state index is 13.0. The highest BCUT2D eigenvalue weighted by Crippen LogP contribution is 2.33. The van der Waals surface area contributed by atoms with Gasteiger partial charge in [-0.25, -0.2) is 13.2 Å². The second kappa shape index (κ2) is 8.26. The highest BCUT2D eigenvalue weighted by Gasteiger charge is 2.30. The van der Waals surface area contributed by atoms with Gasteiger partial charge in [-0.2, -0.15) is 4.31 Å². The van der Waals surface area contributed by atoms with Gasteiger partial charge in [0.25, 0.3) is 0 Å². The standard InChI is InChI=1S/C14H19BrN2O6S/c1-22-5-2-16-13-11(15)8-10(14(18)19)9-12(13)24(20,21)17-3-6-23-7-4-17/h8-9,16H,2-7H2,1H3,(H,18,19). The number of methoxy groups -OCH3 is 1. The largest absolute Gasteiger partial charge is 0.478 e. The third kappa shape index (κ3) is 4.25. The molecule has 0 atom stereocenters. The van der Waals surface area contributed by atoms with Crippen LogP contribution >= 0.6 is 15.9 Å². The first-order chi connectivity index (χ1) is 11.4. The van der Waals surface area contributed by atoms with Crippen molar-refractivity contribution < 1.29 is 27.8 Å². The molecule has 0 amide bonds. The fourth-order valence-corrected chi connectivity index (χ4v) is 4.64. The Labute approximate surface area is 148 Å². The zero-order valence-corrected chi connectivity index (χ0v) is 15.5. The fraction of sp³-hybridized carbons (Fsp3) is 0.500. The van der Waals surface area contributed by atoms with Gasteiger partial charge in [-0.1, -0.05) is 0 Å². The summed E-state index contributed by atoms with van der Waals surface area (Å²) in [7, 11) is -2.31. The van der Waals surface area contributed by atoms with Crippen molar-refractivity contribution in [2.75, 3.05) is 51.9 Å². The molecule has 0 radical (unpaired) electrons. The average Bonchev–Trinajstić information content (AvgIpc) is 2.56.